The van der Waals surface area contributed by atoms with Crippen LogP contribution in [0.25, 0.3) is 0 Å². The molecule has 128 valence electrons. The molecule has 1 aromatic carbocycles. The molecular weight excluding hydrogens is 328 g/mol. The summed E-state index contributed by atoms with van der Waals surface area (Å²) in [4.78, 5) is 29.2. The van der Waals surface area contributed by atoms with Crippen LogP contribution in [-0.2, 0) is 13.1 Å². The summed E-state index contributed by atoms with van der Waals surface area (Å²) in [6, 6.07) is 7.74. The van der Waals surface area contributed by atoms with Crippen molar-refractivity contribution in [3.8, 4) is 0 Å². The predicted octanol–water partition coefficient (Wildman–Crippen LogP) is 2.22. The Labute approximate surface area is 145 Å². The molecule has 1 atom stereocenters. The average molecular weight is 349 g/mol. The molecule has 1 aliphatic heterocycles. The van der Waals surface area contributed by atoms with Gasteiger partial charge in [-0.25, -0.2) is 4.79 Å². The number of nitrogens with one attached hydrogen (secondary N) is 2. The molecule has 0 amide bonds. The van der Waals surface area contributed by atoms with Crippen molar-refractivity contribution in [2.75, 3.05) is 12.0 Å². The number of rotatable bonds is 4. The molecule has 6 nitrogen and oxygen atoms in total. The molecule has 2 heterocycles. The van der Waals surface area contributed by atoms with Crippen molar-refractivity contribution in [2.45, 2.75) is 39.4 Å². The topological polar surface area (TPSA) is 70.1 Å². The van der Waals surface area contributed by atoms with Crippen molar-refractivity contribution in [3.05, 3.63) is 61.3 Å². The smallest absolute Gasteiger partial charge is 0.330 e. The Bertz CT molecular complexity index is 858. The maximum atomic E-state index is 12.3. The molecule has 7 heteroatoms. The minimum Gasteiger partial charge on any atom is -0.358 e. The molecule has 24 heavy (non-hydrogen) atoms. The first-order valence-electron chi connectivity index (χ1n) is 8.08. The minimum atomic E-state index is -0.428. The van der Waals surface area contributed by atoms with Gasteiger partial charge in [0.25, 0.3) is 5.56 Å². The summed E-state index contributed by atoms with van der Waals surface area (Å²) in [7, 11) is 0. The van der Waals surface area contributed by atoms with Crippen molar-refractivity contribution in [1.82, 2.24) is 14.5 Å². The van der Waals surface area contributed by atoms with Crippen LogP contribution in [-0.4, -0.2) is 27.2 Å². The Kier molecular flexibility index (Phi) is 4.78. The van der Waals surface area contributed by atoms with Crippen LogP contribution in [0.5, 0.6) is 0 Å². The zero-order chi connectivity index (χ0) is 17.3. The van der Waals surface area contributed by atoms with Crippen LogP contribution in [0.3, 0.4) is 0 Å². The van der Waals surface area contributed by atoms with Crippen molar-refractivity contribution in [2.24, 2.45) is 0 Å². The first-order chi connectivity index (χ1) is 11.5. The van der Waals surface area contributed by atoms with Gasteiger partial charge in [0.2, 0.25) is 0 Å². The zero-order valence-corrected chi connectivity index (χ0v) is 14.6. The normalized spacial score (nSPS) is 15.6. The van der Waals surface area contributed by atoms with Gasteiger partial charge < -0.3 is 5.32 Å². The lowest BCUT2D eigenvalue weighted by atomic mass is 10.1. The Balaban J connectivity index is 2.02. The van der Waals surface area contributed by atoms with Gasteiger partial charge in [-0.05, 0) is 25.0 Å². The third-order valence-electron chi connectivity index (χ3n) is 4.61. The summed E-state index contributed by atoms with van der Waals surface area (Å²) >= 11 is 6.21. The molecule has 1 aromatic heterocycles. The third kappa shape index (κ3) is 3.12. The lowest BCUT2D eigenvalue weighted by Crippen LogP contribution is -2.46. The van der Waals surface area contributed by atoms with Gasteiger partial charge in [0.05, 0.1) is 18.8 Å². The number of anilines is 1. The van der Waals surface area contributed by atoms with Crippen LogP contribution in [0, 0.1) is 0 Å². The van der Waals surface area contributed by atoms with Crippen molar-refractivity contribution >= 4 is 17.4 Å². The van der Waals surface area contributed by atoms with Crippen LogP contribution in [0.1, 0.15) is 31.4 Å². The van der Waals surface area contributed by atoms with Gasteiger partial charge in [-0.3, -0.25) is 19.2 Å². The number of aromatic amines is 1. The fourth-order valence-electron chi connectivity index (χ4n) is 2.91. The molecule has 2 N–H and O–H groups in total. The van der Waals surface area contributed by atoms with Crippen molar-refractivity contribution in [3.63, 3.8) is 0 Å². The number of hydrogen-bond acceptors (Lipinski definition) is 4. The molecule has 0 saturated heterocycles. The molecule has 2 aromatic rings. The van der Waals surface area contributed by atoms with E-state index in [9.17, 15) is 9.59 Å². The van der Waals surface area contributed by atoms with E-state index in [-0.39, 0.29) is 5.56 Å². The summed E-state index contributed by atoms with van der Waals surface area (Å²) < 4.78 is 1.55. The largest absolute Gasteiger partial charge is 0.358 e. The molecule has 0 aliphatic carbocycles. The Morgan fingerprint density at radius 1 is 1.29 bits per heavy atom. The summed E-state index contributed by atoms with van der Waals surface area (Å²) in [6.45, 7) is 5.68. The lowest BCUT2D eigenvalue weighted by molar-refractivity contribution is 0.200. The van der Waals surface area contributed by atoms with E-state index in [1.54, 1.807) is 10.6 Å². The molecule has 0 radical (unpaired) electrons. The first-order valence-corrected chi connectivity index (χ1v) is 8.46. The maximum absolute atomic E-state index is 12.3. The highest BCUT2D eigenvalue weighted by Crippen LogP contribution is 2.22. The van der Waals surface area contributed by atoms with E-state index in [4.69, 9.17) is 11.6 Å². The van der Waals surface area contributed by atoms with Crippen LogP contribution in [0.2, 0.25) is 5.02 Å². The van der Waals surface area contributed by atoms with Crippen molar-refractivity contribution < 1.29 is 0 Å². The second-order valence-corrected chi connectivity index (χ2v) is 6.51. The van der Waals surface area contributed by atoms with E-state index in [0.717, 1.165) is 12.0 Å². The standard InChI is InChI=1S/C17H21ClN4O2/c1-3-11(2)21-9-13-15(19-10-21)22(17(24)20-16(13)23)8-12-6-4-5-7-14(12)18/h4-7,11,19H,3,8-10H2,1-2H3,(H,20,23,24). The lowest BCUT2D eigenvalue weighted by Gasteiger charge is -2.34. The van der Waals surface area contributed by atoms with Crippen LogP contribution < -0.4 is 16.6 Å². The molecule has 1 aliphatic rings. The van der Waals surface area contributed by atoms with Crippen LogP contribution in [0.15, 0.2) is 33.9 Å². The van der Waals surface area contributed by atoms with Gasteiger partial charge in [-0.2, -0.15) is 0 Å². The van der Waals surface area contributed by atoms with Gasteiger partial charge in [-0.15, -0.1) is 0 Å². The molecule has 0 fully saturated rings. The van der Waals surface area contributed by atoms with E-state index in [0.29, 0.717) is 42.2 Å². The van der Waals surface area contributed by atoms with Crippen LogP contribution in [0.4, 0.5) is 5.82 Å². The highest BCUT2D eigenvalue weighted by Gasteiger charge is 2.25. The fraction of sp³-hybridized carbons (Fsp3) is 0.412. The number of fused-ring (bicyclic) bond motifs is 1. The molecule has 0 spiro atoms. The number of aromatic nitrogens is 2. The summed E-state index contributed by atoms with van der Waals surface area (Å²) in [5.74, 6) is 0.586. The minimum absolute atomic E-state index is 0.313. The Morgan fingerprint density at radius 2 is 2.04 bits per heavy atom. The number of H-pyrrole nitrogens is 1. The molecule has 1 unspecified atom stereocenters. The predicted molar refractivity (Wildman–Crippen MR) is 95.7 cm³/mol. The van der Waals surface area contributed by atoms with Gasteiger partial charge >= 0.3 is 5.69 Å². The summed E-state index contributed by atoms with van der Waals surface area (Å²) in [5.41, 5.74) is 0.670. The Morgan fingerprint density at radius 3 is 2.75 bits per heavy atom. The molecule has 0 saturated carbocycles. The Hall–Kier alpha value is -2.05. The van der Waals surface area contributed by atoms with E-state index >= 15 is 0 Å². The quantitative estimate of drug-likeness (QED) is 0.889. The van der Waals surface area contributed by atoms with E-state index in [1.807, 2.05) is 18.2 Å². The molecule has 0 bridgehead atoms. The number of nitrogens with zero attached hydrogens (tertiary/aromatic N) is 2. The van der Waals surface area contributed by atoms with E-state index in [2.05, 4.69) is 29.0 Å². The monoisotopic (exact) mass is 348 g/mol. The first kappa shape index (κ1) is 16.8. The maximum Gasteiger partial charge on any atom is 0.330 e. The number of benzene rings is 1. The summed E-state index contributed by atoms with van der Waals surface area (Å²) in [5, 5.41) is 3.84. The molecule has 3 rings (SSSR count). The highest BCUT2D eigenvalue weighted by molar-refractivity contribution is 6.31. The van der Waals surface area contributed by atoms with Crippen molar-refractivity contribution in [1.29, 1.82) is 0 Å². The third-order valence-corrected chi connectivity index (χ3v) is 4.98. The zero-order valence-electron chi connectivity index (χ0n) is 13.8. The summed E-state index contributed by atoms with van der Waals surface area (Å²) in [6.07, 6.45) is 0.994. The van der Waals surface area contributed by atoms with Gasteiger partial charge in [0.1, 0.15) is 5.82 Å². The fourth-order valence-corrected chi connectivity index (χ4v) is 3.11. The molecular formula is C17H21ClN4O2. The highest BCUT2D eigenvalue weighted by atomic mass is 35.5. The van der Waals surface area contributed by atoms with E-state index < -0.39 is 5.69 Å². The number of halogens is 1. The van der Waals surface area contributed by atoms with Gasteiger partial charge in [-0.1, -0.05) is 36.7 Å². The van der Waals surface area contributed by atoms with E-state index in [1.165, 1.54) is 0 Å². The van der Waals surface area contributed by atoms with Crippen LogP contribution >= 0.6 is 11.6 Å². The van der Waals surface area contributed by atoms with Gasteiger partial charge in [0, 0.05) is 17.6 Å². The average Bonchev–Trinajstić information content (AvgIpc) is 2.59. The number of hydrogen-bond donors (Lipinski definition) is 2. The van der Waals surface area contributed by atoms with Gasteiger partial charge in [0.15, 0.2) is 0 Å². The SMILES string of the molecule is CCC(C)N1CNc2c(c(=O)[nH]c(=O)n2Cc2ccccc2Cl)C1. The second kappa shape index (κ2) is 6.83. The second-order valence-electron chi connectivity index (χ2n) is 6.10.